The van der Waals surface area contributed by atoms with Gasteiger partial charge in [-0.2, -0.15) is 5.43 Å². The van der Waals surface area contributed by atoms with Gasteiger partial charge in [0.2, 0.25) is 5.69 Å². The molecule has 0 saturated heterocycles. The first-order chi connectivity index (χ1) is 6.59. The Kier molecular flexibility index (Phi) is 2.08. The van der Waals surface area contributed by atoms with Crippen molar-refractivity contribution in [3.63, 3.8) is 0 Å². The third kappa shape index (κ3) is 1.53. The van der Waals surface area contributed by atoms with Gasteiger partial charge in [-0.15, -0.1) is 0 Å². The summed E-state index contributed by atoms with van der Waals surface area (Å²) < 4.78 is 0. The number of rotatable bonds is 1. The third-order valence-corrected chi connectivity index (χ3v) is 2.45. The number of hydrogen-bond donors (Lipinski definition) is 1. The zero-order valence-electron chi connectivity index (χ0n) is 8.91. The number of hydrogen-bond acceptors (Lipinski definition) is 2. The number of allylic oxidation sites excluding steroid dienone is 1. The number of benzene rings is 1. The Morgan fingerprint density at radius 3 is 2.29 bits per heavy atom. The van der Waals surface area contributed by atoms with Gasteiger partial charge in [-0.05, 0) is 11.9 Å². The van der Waals surface area contributed by atoms with Crippen LogP contribution in [0, 0.1) is 0 Å². The molecule has 1 aromatic carbocycles. The fourth-order valence-electron chi connectivity index (χ4n) is 1.92. The Bertz CT molecular complexity index is 352. The number of anilines is 1. The smallest absolute Gasteiger partial charge is 0.185 e. The zero-order chi connectivity index (χ0) is 10.2. The molecule has 0 unspecified atom stereocenters. The molecule has 14 heavy (non-hydrogen) atoms. The highest BCUT2D eigenvalue weighted by atomic mass is 15.6. The lowest BCUT2D eigenvalue weighted by molar-refractivity contribution is 0.344. The zero-order valence-corrected chi connectivity index (χ0v) is 8.91. The first kappa shape index (κ1) is 9.28. The molecule has 1 heterocycles. The van der Waals surface area contributed by atoms with Crippen LogP contribution in [0.4, 0.5) is 5.69 Å². The van der Waals surface area contributed by atoms with Crippen LogP contribution in [0.3, 0.4) is 0 Å². The normalized spacial score (nSPS) is 20.4. The van der Waals surface area contributed by atoms with Crippen molar-refractivity contribution < 1.29 is 0 Å². The molecule has 0 saturated carbocycles. The van der Waals surface area contributed by atoms with E-state index in [2.05, 4.69) is 61.5 Å². The maximum atomic E-state index is 3.35. The number of para-hydroxylation sites is 1. The minimum Gasteiger partial charge on any atom is -0.185 e. The second-order valence-corrected chi connectivity index (χ2v) is 4.26. The van der Waals surface area contributed by atoms with Gasteiger partial charge < -0.3 is 0 Å². The maximum Gasteiger partial charge on any atom is 0.210 e. The van der Waals surface area contributed by atoms with Crippen LogP contribution in [0.25, 0.3) is 0 Å². The number of nitrogens with zero attached hydrogens (tertiary/aromatic N) is 1. The highest BCUT2D eigenvalue weighted by molar-refractivity contribution is 5.42. The van der Waals surface area contributed by atoms with E-state index >= 15 is 0 Å². The molecular weight excluding hydrogens is 172 g/mol. The minimum absolute atomic E-state index is 0.0471. The van der Waals surface area contributed by atoms with Crippen molar-refractivity contribution >= 4 is 5.69 Å². The van der Waals surface area contributed by atoms with E-state index in [1.54, 1.807) is 0 Å². The van der Waals surface area contributed by atoms with E-state index in [1.807, 2.05) is 6.07 Å². The van der Waals surface area contributed by atoms with Gasteiger partial charge in [-0.1, -0.05) is 18.2 Å². The van der Waals surface area contributed by atoms with Crippen LogP contribution in [0.15, 0.2) is 42.1 Å². The van der Waals surface area contributed by atoms with Gasteiger partial charge in [0.1, 0.15) is 0 Å². The van der Waals surface area contributed by atoms with Crippen molar-refractivity contribution in [1.82, 2.24) is 10.4 Å². The molecule has 73 valence electrons. The molecule has 1 aliphatic heterocycles. The molecule has 0 amide bonds. The van der Waals surface area contributed by atoms with E-state index < -0.39 is 0 Å². The molecule has 0 aromatic heterocycles. The highest BCUT2D eigenvalue weighted by Crippen LogP contribution is 2.27. The molecule has 1 N–H and O–H groups in total. The maximum absolute atomic E-state index is 3.35. The van der Waals surface area contributed by atoms with Gasteiger partial charge in [0.25, 0.3) is 0 Å². The van der Waals surface area contributed by atoms with Crippen LogP contribution in [-0.2, 0) is 0 Å². The van der Waals surface area contributed by atoms with Gasteiger partial charge in [-0.3, -0.25) is 0 Å². The van der Waals surface area contributed by atoms with Gasteiger partial charge in [0, 0.05) is 32.1 Å². The summed E-state index contributed by atoms with van der Waals surface area (Å²) in [6.07, 6.45) is 2.24. The van der Waals surface area contributed by atoms with Crippen LogP contribution in [0.5, 0.6) is 0 Å². The molecule has 0 aliphatic carbocycles. The predicted octanol–water partition coefficient (Wildman–Crippen LogP) is 2.66. The predicted molar refractivity (Wildman–Crippen MR) is 59.2 cm³/mol. The monoisotopic (exact) mass is 188 g/mol. The van der Waals surface area contributed by atoms with E-state index in [1.165, 1.54) is 11.4 Å². The van der Waals surface area contributed by atoms with Crippen molar-refractivity contribution in [1.29, 1.82) is 0 Å². The quantitative estimate of drug-likeness (QED) is 0.671. The molecule has 2 nitrogen and oxygen atoms in total. The summed E-state index contributed by atoms with van der Waals surface area (Å²) in [5.41, 5.74) is 5.81. The van der Waals surface area contributed by atoms with Crippen molar-refractivity contribution in [3.05, 3.63) is 42.1 Å². The van der Waals surface area contributed by atoms with E-state index in [9.17, 15) is 0 Å². The fraction of sp³-hybridized carbons (Fsp3) is 0.333. The minimum atomic E-state index is 0.0471. The van der Waals surface area contributed by atoms with Crippen molar-refractivity contribution in [3.8, 4) is 0 Å². The SMILES string of the molecule is CC1=CC(C)(C)[N+](c2ccccc2)N1. The van der Waals surface area contributed by atoms with Crippen molar-refractivity contribution in [2.75, 3.05) is 0 Å². The summed E-state index contributed by atoms with van der Waals surface area (Å²) in [7, 11) is 0. The Labute approximate surface area is 85.2 Å². The first-order valence-electron chi connectivity index (χ1n) is 4.91. The van der Waals surface area contributed by atoms with Crippen LogP contribution in [-0.4, -0.2) is 5.54 Å². The van der Waals surface area contributed by atoms with Gasteiger partial charge in [0.15, 0.2) is 5.54 Å². The topological polar surface area (TPSA) is 17.9 Å². The van der Waals surface area contributed by atoms with E-state index in [-0.39, 0.29) is 5.54 Å². The van der Waals surface area contributed by atoms with Gasteiger partial charge in [0.05, 0.1) is 5.70 Å². The summed E-state index contributed by atoms with van der Waals surface area (Å²) in [4.78, 5) is 0. The highest BCUT2D eigenvalue weighted by Gasteiger charge is 2.42. The van der Waals surface area contributed by atoms with Crippen molar-refractivity contribution in [2.24, 2.45) is 0 Å². The molecule has 2 heteroatoms. The molecular formula is C12H16N2+. The second-order valence-electron chi connectivity index (χ2n) is 4.26. The molecule has 0 spiro atoms. The molecule has 0 fully saturated rings. The van der Waals surface area contributed by atoms with Gasteiger partial charge >= 0.3 is 0 Å². The molecule has 0 atom stereocenters. The Balaban J connectivity index is 2.31. The van der Waals surface area contributed by atoms with Crippen LogP contribution >= 0.6 is 0 Å². The molecule has 1 aromatic rings. The lowest BCUT2D eigenvalue weighted by Gasteiger charge is -2.17. The van der Waals surface area contributed by atoms with Crippen molar-refractivity contribution in [2.45, 2.75) is 26.3 Å². The van der Waals surface area contributed by atoms with E-state index in [0.29, 0.717) is 0 Å². The summed E-state index contributed by atoms with van der Waals surface area (Å²) in [5.74, 6) is 0. The summed E-state index contributed by atoms with van der Waals surface area (Å²) in [5, 5.41) is 2.18. The Morgan fingerprint density at radius 1 is 1.14 bits per heavy atom. The third-order valence-electron chi connectivity index (χ3n) is 2.45. The molecule has 1 radical (unpaired) electrons. The molecule has 2 rings (SSSR count). The standard InChI is InChI=1S/C12H16N2/c1-10-9-12(2,3)14(13-10)11-7-5-4-6-8-11/h4-9,13H,1-3H3/q+1. The van der Waals surface area contributed by atoms with Crippen LogP contribution in [0.1, 0.15) is 20.8 Å². The van der Waals surface area contributed by atoms with Gasteiger partial charge in [-0.25, -0.2) is 0 Å². The number of nitrogens with one attached hydrogen (secondary N) is 1. The Morgan fingerprint density at radius 2 is 1.79 bits per heavy atom. The first-order valence-corrected chi connectivity index (χ1v) is 4.91. The van der Waals surface area contributed by atoms with Crippen LogP contribution < -0.4 is 10.4 Å². The summed E-state index contributed by atoms with van der Waals surface area (Å²) in [6, 6.07) is 10.4. The van der Waals surface area contributed by atoms with E-state index in [4.69, 9.17) is 0 Å². The summed E-state index contributed by atoms with van der Waals surface area (Å²) in [6.45, 7) is 6.48. The van der Waals surface area contributed by atoms with Crippen LogP contribution in [0.2, 0.25) is 0 Å². The summed E-state index contributed by atoms with van der Waals surface area (Å²) >= 11 is 0. The van der Waals surface area contributed by atoms with E-state index in [0.717, 1.165) is 0 Å². The fourth-order valence-corrected chi connectivity index (χ4v) is 1.92. The molecule has 0 bridgehead atoms. The Hall–Kier alpha value is -1.28. The lowest BCUT2D eigenvalue weighted by Crippen LogP contribution is -2.46. The lowest BCUT2D eigenvalue weighted by atomic mass is 10.0. The average Bonchev–Trinajstić information content (AvgIpc) is 2.41. The second kappa shape index (κ2) is 3.14. The molecule has 1 aliphatic rings. The number of hydrazine groups is 1. The largest absolute Gasteiger partial charge is 0.210 e. The average molecular weight is 188 g/mol.